The largest absolute Gasteiger partial charge is 0.322 e. The van der Waals surface area contributed by atoms with E-state index >= 15 is 0 Å². The molecule has 1 aliphatic rings. The van der Waals surface area contributed by atoms with Crippen molar-refractivity contribution in [2.75, 3.05) is 6.54 Å². The van der Waals surface area contributed by atoms with Crippen molar-refractivity contribution >= 4 is 5.91 Å². The number of hydrogen-bond donors (Lipinski definition) is 1. The van der Waals surface area contributed by atoms with E-state index in [-0.39, 0.29) is 18.1 Å². The summed E-state index contributed by atoms with van der Waals surface area (Å²) in [6, 6.07) is 6.39. The Bertz CT molecular complexity index is 510. The van der Waals surface area contributed by atoms with Crippen LogP contribution in [0, 0.1) is 19.8 Å². The minimum Gasteiger partial charge on any atom is -0.322 e. The van der Waals surface area contributed by atoms with Crippen LogP contribution in [-0.2, 0) is 4.79 Å². The van der Waals surface area contributed by atoms with E-state index in [2.05, 4.69) is 51.2 Å². The number of carbonyl (C=O) groups excluding carboxylic acids is 1. The topological polar surface area (TPSA) is 32.3 Å². The van der Waals surface area contributed by atoms with Crippen molar-refractivity contribution in [1.29, 1.82) is 0 Å². The molecule has 21 heavy (non-hydrogen) atoms. The highest BCUT2D eigenvalue weighted by Gasteiger charge is 2.37. The highest BCUT2D eigenvalue weighted by atomic mass is 16.2. The lowest BCUT2D eigenvalue weighted by Gasteiger charge is -2.26. The van der Waals surface area contributed by atoms with Gasteiger partial charge in [0.05, 0.1) is 6.04 Å². The molecule has 0 saturated carbocycles. The average molecular weight is 288 g/mol. The Morgan fingerprint density at radius 2 is 2.00 bits per heavy atom. The van der Waals surface area contributed by atoms with Gasteiger partial charge in [0, 0.05) is 6.54 Å². The molecule has 1 saturated heterocycles. The molecule has 3 heteroatoms. The second-order valence-corrected chi connectivity index (χ2v) is 6.72. The van der Waals surface area contributed by atoms with Crippen LogP contribution < -0.4 is 5.32 Å². The van der Waals surface area contributed by atoms with Gasteiger partial charge < -0.3 is 4.90 Å². The maximum Gasteiger partial charge on any atom is 0.241 e. The van der Waals surface area contributed by atoms with Gasteiger partial charge in [0.15, 0.2) is 0 Å². The molecule has 2 atom stereocenters. The van der Waals surface area contributed by atoms with Crippen molar-refractivity contribution in [3.05, 3.63) is 34.9 Å². The van der Waals surface area contributed by atoms with Crippen LogP contribution in [0.3, 0.4) is 0 Å². The summed E-state index contributed by atoms with van der Waals surface area (Å²) in [5.74, 6) is 0.914. The Labute approximate surface area is 128 Å². The highest BCUT2D eigenvalue weighted by Crippen LogP contribution is 2.28. The monoisotopic (exact) mass is 288 g/mol. The van der Waals surface area contributed by atoms with Crippen molar-refractivity contribution in [2.45, 2.75) is 59.7 Å². The van der Waals surface area contributed by atoms with E-state index in [0.717, 1.165) is 19.4 Å². The standard InChI is InChI=1S/C18H28N2O/c1-12(2)7-6-10-20-17(19-15(5)18(20)21)16-11-13(3)8-9-14(16)4/h8-9,11-12,15,17,19H,6-7,10H2,1-5H3. The van der Waals surface area contributed by atoms with E-state index < -0.39 is 0 Å². The number of carbonyl (C=O) groups is 1. The molecule has 116 valence electrons. The van der Waals surface area contributed by atoms with Gasteiger partial charge in [0.1, 0.15) is 6.17 Å². The summed E-state index contributed by atoms with van der Waals surface area (Å²) in [5.41, 5.74) is 3.72. The molecule has 3 nitrogen and oxygen atoms in total. The first-order valence-corrected chi connectivity index (χ1v) is 8.04. The van der Waals surface area contributed by atoms with Crippen LogP contribution in [0.5, 0.6) is 0 Å². The second kappa shape index (κ2) is 6.61. The fourth-order valence-electron chi connectivity index (χ4n) is 3.00. The molecule has 1 aromatic rings. The third kappa shape index (κ3) is 3.65. The lowest BCUT2D eigenvalue weighted by Crippen LogP contribution is -2.32. The third-order valence-electron chi connectivity index (χ3n) is 4.28. The fraction of sp³-hybridized carbons (Fsp3) is 0.611. The minimum absolute atomic E-state index is 0.0274. The number of nitrogens with zero attached hydrogens (tertiary/aromatic N) is 1. The number of nitrogens with one attached hydrogen (secondary N) is 1. The zero-order valence-electron chi connectivity index (χ0n) is 13.9. The second-order valence-electron chi connectivity index (χ2n) is 6.72. The Hall–Kier alpha value is -1.35. The Kier molecular flexibility index (Phi) is 5.04. The average Bonchev–Trinajstić information content (AvgIpc) is 2.69. The Balaban J connectivity index is 2.19. The lowest BCUT2D eigenvalue weighted by atomic mass is 10.0. The SMILES string of the molecule is Cc1ccc(C)c(C2NC(C)C(=O)N2CCCC(C)C)c1. The number of benzene rings is 1. The van der Waals surface area contributed by atoms with Crippen molar-refractivity contribution in [1.82, 2.24) is 10.2 Å². The van der Waals surface area contributed by atoms with Crippen LogP contribution in [0.15, 0.2) is 18.2 Å². The lowest BCUT2D eigenvalue weighted by molar-refractivity contribution is -0.129. The summed E-state index contributed by atoms with van der Waals surface area (Å²) in [4.78, 5) is 14.4. The van der Waals surface area contributed by atoms with Gasteiger partial charge in [-0.1, -0.05) is 37.6 Å². The molecular formula is C18H28N2O. The molecule has 2 unspecified atom stereocenters. The van der Waals surface area contributed by atoms with Crippen molar-refractivity contribution in [2.24, 2.45) is 5.92 Å². The molecule has 0 aliphatic carbocycles. The summed E-state index contributed by atoms with van der Waals surface area (Å²) in [6.07, 6.45) is 2.26. The van der Waals surface area contributed by atoms with Gasteiger partial charge >= 0.3 is 0 Å². The van der Waals surface area contributed by atoms with Crippen LogP contribution in [0.1, 0.15) is 56.5 Å². The first kappa shape index (κ1) is 16.0. The summed E-state index contributed by atoms with van der Waals surface area (Å²) >= 11 is 0. The number of rotatable bonds is 5. The van der Waals surface area contributed by atoms with Gasteiger partial charge in [-0.15, -0.1) is 0 Å². The molecule has 0 radical (unpaired) electrons. The Morgan fingerprint density at radius 3 is 2.67 bits per heavy atom. The molecule has 0 bridgehead atoms. The Morgan fingerprint density at radius 1 is 1.29 bits per heavy atom. The summed E-state index contributed by atoms with van der Waals surface area (Å²) in [6.45, 7) is 11.5. The van der Waals surface area contributed by atoms with Gasteiger partial charge in [-0.05, 0) is 50.7 Å². The zero-order chi connectivity index (χ0) is 15.6. The van der Waals surface area contributed by atoms with E-state index in [1.54, 1.807) is 0 Å². The molecule has 0 spiro atoms. The van der Waals surface area contributed by atoms with E-state index in [1.807, 2.05) is 11.8 Å². The molecule has 1 heterocycles. The number of aryl methyl sites for hydroxylation is 2. The van der Waals surface area contributed by atoms with Crippen molar-refractivity contribution in [3.8, 4) is 0 Å². The molecule has 1 amide bonds. The number of amides is 1. The number of hydrogen-bond acceptors (Lipinski definition) is 2. The van der Waals surface area contributed by atoms with E-state index in [9.17, 15) is 4.79 Å². The molecule has 1 aliphatic heterocycles. The van der Waals surface area contributed by atoms with E-state index in [0.29, 0.717) is 5.92 Å². The molecular weight excluding hydrogens is 260 g/mol. The predicted octanol–water partition coefficient (Wildman–Crippen LogP) is 3.56. The normalized spacial score (nSPS) is 22.4. The highest BCUT2D eigenvalue weighted by molar-refractivity contribution is 5.84. The third-order valence-corrected chi connectivity index (χ3v) is 4.28. The zero-order valence-corrected chi connectivity index (χ0v) is 13.9. The maximum absolute atomic E-state index is 12.4. The molecule has 2 rings (SSSR count). The van der Waals surface area contributed by atoms with Crippen LogP contribution >= 0.6 is 0 Å². The molecule has 1 aromatic carbocycles. The maximum atomic E-state index is 12.4. The van der Waals surface area contributed by atoms with Gasteiger partial charge in [0.2, 0.25) is 5.91 Å². The molecule has 1 N–H and O–H groups in total. The van der Waals surface area contributed by atoms with E-state index in [4.69, 9.17) is 0 Å². The molecule has 0 aromatic heterocycles. The first-order chi connectivity index (χ1) is 9.90. The first-order valence-electron chi connectivity index (χ1n) is 8.04. The van der Waals surface area contributed by atoms with E-state index in [1.165, 1.54) is 16.7 Å². The summed E-state index contributed by atoms with van der Waals surface area (Å²) < 4.78 is 0. The fourth-order valence-corrected chi connectivity index (χ4v) is 3.00. The van der Waals surface area contributed by atoms with Gasteiger partial charge in [-0.3, -0.25) is 10.1 Å². The van der Waals surface area contributed by atoms with Gasteiger partial charge in [-0.2, -0.15) is 0 Å². The van der Waals surface area contributed by atoms with Gasteiger partial charge in [-0.25, -0.2) is 0 Å². The smallest absolute Gasteiger partial charge is 0.241 e. The van der Waals surface area contributed by atoms with Gasteiger partial charge in [0.25, 0.3) is 0 Å². The minimum atomic E-state index is -0.0889. The van der Waals surface area contributed by atoms with Crippen molar-refractivity contribution in [3.63, 3.8) is 0 Å². The quantitative estimate of drug-likeness (QED) is 0.898. The van der Waals surface area contributed by atoms with Crippen molar-refractivity contribution < 1.29 is 4.79 Å². The van der Waals surface area contributed by atoms with Crippen LogP contribution in [0.2, 0.25) is 0 Å². The summed E-state index contributed by atoms with van der Waals surface area (Å²) in [7, 11) is 0. The van der Waals surface area contributed by atoms with Crippen LogP contribution in [0.25, 0.3) is 0 Å². The molecule has 1 fully saturated rings. The predicted molar refractivity (Wildman–Crippen MR) is 87.0 cm³/mol. The van der Waals surface area contributed by atoms with Crippen LogP contribution in [0.4, 0.5) is 0 Å². The summed E-state index contributed by atoms with van der Waals surface area (Å²) in [5, 5.41) is 3.45. The van der Waals surface area contributed by atoms with Crippen LogP contribution in [-0.4, -0.2) is 23.4 Å².